The van der Waals surface area contributed by atoms with Gasteiger partial charge in [0.25, 0.3) is 5.91 Å². The number of hydrogen-bond donors (Lipinski definition) is 2. The minimum absolute atomic E-state index is 0.0499. The summed E-state index contributed by atoms with van der Waals surface area (Å²) in [6.07, 6.45) is 1.84. The quantitative estimate of drug-likeness (QED) is 0.875. The number of halogens is 2. The van der Waals surface area contributed by atoms with E-state index in [1.165, 1.54) is 23.9 Å². The van der Waals surface area contributed by atoms with Gasteiger partial charge >= 0.3 is 0 Å². The fourth-order valence-electron chi connectivity index (χ4n) is 1.49. The first-order chi connectivity index (χ1) is 8.49. The zero-order valence-corrected chi connectivity index (χ0v) is 11.7. The first kappa shape index (κ1) is 15.3. The Balaban J connectivity index is 2.76. The number of thioether (sulfide) groups is 1. The maximum absolute atomic E-state index is 13.5. The second kappa shape index (κ2) is 6.97. The fourth-order valence-corrected chi connectivity index (χ4v) is 2.27. The molecule has 0 aliphatic carbocycles. The first-order valence-corrected chi connectivity index (χ1v) is 7.05. The van der Waals surface area contributed by atoms with E-state index in [4.69, 9.17) is 16.7 Å². The van der Waals surface area contributed by atoms with E-state index in [0.29, 0.717) is 0 Å². The Hall–Kier alpha value is -0.780. The van der Waals surface area contributed by atoms with Crippen LogP contribution in [0.3, 0.4) is 0 Å². The second-order valence-corrected chi connectivity index (χ2v) is 5.36. The molecule has 0 aromatic heterocycles. The molecule has 3 nitrogen and oxygen atoms in total. The van der Waals surface area contributed by atoms with Gasteiger partial charge in [-0.1, -0.05) is 11.6 Å². The maximum atomic E-state index is 13.5. The van der Waals surface area contributed by atoms with Gasteiger partial charge in [0.05, 0.1) is 12.2 Å². The molecule has 0 spiro atoms. The van der Waals surface area contributed by atoms with E-state index < -0.39 is 11.7 Å². The molecule has 1 amide bonds. The van der Waals surface area contributed by atoms with Gasteiger partial charge in [0.15, 0.2) is 0 Å². The Kier molecular flexibility index (Phi) is 5.91. The van der Waals surface area contributed by atoms with E-state index in [1.807, 2.05) is 6.26 Å². The third-order valence-corrected chi connectivity index (χ3v) is 3.97. The van der Waals surface area contributed by atoms with Crippen molar-refractivity contribution >= 4 is 29.3 Å². The number of amides is 1. The summed E-state index contributed by atoms with van der Waals surface area (Å²) in [4.78, 5) is 11.8. The van der Waals surface area contributed by atoms with Gasteiger partial charge in [-0.25, -0.2) is 4.39 Å². The average Bonchev–Trinajstić information content (AvgIpc) is 2.30. The van der Waals surface area contributed by atoms with E-state index in [1.54, 1.807) is 6.92 Å². The first-order valence-electron chi connectivity index (χ1n) is 5.39. The number of carbonyl (C=O) groups excluding carboxylic acids is 1. The van der Waals surface area contributed by atoms with Gasteiger partial charge in [-0.15, -0.1) is 0 Å². The molecule has 0 aliphatic heterocycles. The Morgan fingerprint density at radius 2 is 2.28 bits per heavy atom. The van der Waals surface area contributed by atoms with Crippen LogP contribution in [0.25, 0.3) is 0 Å². The summed E-state index contributed by atoms with van der Waals surface area (Å²) in [5.41, 5.74) is -0.0518. The summed E-state index contributed by atoms with van der Waals surface area (Å²) in [7, 11) is 0. The molecule has 0 saturated heterocycles. The van der Waals surface area contributed by atoms with Crippen molar-refractivity contribution in [1.29, 1.82) is 0 Å². The molecule has 2 unspecified atom stereocenters. The number of aliphatic hydroxyl groups is 1. The van der Waals surface area contributed by atoms with E-state index >= 15 is 0 Å². The van der Waals surface area contributed by atoms with Gasteiger partial charge in [-0.2, -0.15) is 11.8 Å². The van der Waals surface area contributed by atoms with Crippen molar-refractivity contribution in [3.63, 3.8) is 0 Å². The summed E-state index contributed by atoms with van der Waals surface area (Å²) in [6.45, 7) is 1.72. The minimum atomic E-state index is -0.656. The van der Waals surface area contributed by atoms with Crippen molar-refractivity contribution in [2.75, 3.05) is 12.9 Å². The van der Waals surface area contributed by atoms with Crippen LogP contribution in [0.1, 0.15) is 17.3 Å². The van der Waals surface area contributed by atoms with E-state index in [0.717, 1.165) is 6.07 Å². The molecule has 100 valence electrons. The van der Waals surface area contributed by atoms with Gasteiger partial charge in [0.2, 0.25) is 0 Å². The van der Waals surface area contributed by atoms with Gasteiger partial charge in [-0.05, 0) is 31.4 Å². The summed E-state index contributed by atoms with van der Waals surface area (Å²) in [5, 5.41) is 11.9. The number of hydrogen-bond acceptors (Lipinski definition) is 3. The summed E-state index contributed by atoms with van der Waals surface area (Å²) in [5.74, 6) is -1.17. The van der Waals surface area contributed by atoms with Gasteiger partial charge < -0.3 is 10.4 Å². The summed E-state index contributed by atoms with van der Waals surface area (Å²) >= 11 is 7.06. The molecule has 0 radical (unpaired) electrons. The highest BCUT2D eigenvalue weighted by Gasteiger charge is 2.19. The van der Waals surface area contributed by atoms with E-state index in [-0.39, 0.29) is 28.5 Å². The number of benzene rings is 1. The normalized spacial score (nSPS) is 14.1. The molecule has 1 aromatic rings. The Bertz CT molecular complexity index is 427. The Labute approximate surface area is 115 Å². The largest absolute Gasteiger partial charge is 0.395 e. The molecule has 1 aromatic carbocycles. The molecule has 2 N–H and O–H groups in total. The van der Waals surface area contributed by atoms with Crippen molar-refractivity contribution in [2.45, 2.75) is 18.2 Å². The number of rotatable bonds is 5. The van der Waals surface area contributed by atoms with E-state index in [2.05, 4.69) is 5.32 Å². The zero-order valence-electron chi connectivity index (χ0n) is 10.1. The number of aliphatic hydroxyl groups excluding tert-OH is 1. The molecule has 0 heterocycles. The molecule has 0 bridgehead atoms. The van der Waals surface area contributed by atoms with Crippen LogP contribution >= 0.6 is 23.4 Å². The lowest BCUT2D eigenvalue weighted by Crippen LogP contribution is -2.41. The van der Waals surface area contributed by atoms with Crippen LogP contribution < -0.4 is 5.32 Å². The van der Waals surface area contributed by atoms with Crippen molar-refractivity contribution in [2.24, 2.45) is 0 Å². The number of carbonyl (C=O) groups is 1. The van der Waals surface area contributed by atoms with Crippen molar-refractivity contribution in [1.82, 2.24) is 5.32 Å². The van der Waals surface area contributed by atoms with Crippen molar-refractivity contribution in [3.8, 4) is 0 Å². The van der Waals surface area contributed by atoms with Crippen LogP contribution in [0, 0.1) is 5.82 Å². The smallest absolute Gasteiger partial charge is 0.254 e. The molecule has 0 saturated carbocycles. The highest BCUT2D eigenvalue weighted by Crippen LogP contribution is 2.16. The number of nitrogens with one attached hydrogen (secondary N) is 1. The average molecular weight is 292 g/mol. The molecule has 0 aliphatic rings. The predicted molar refractivity (Wildman–Crippen MR) is 72.7 cm³/mol. The van der Waals surface area contributed by atoms with Crippen LogP contribution in [0.2, 0.25) is 5.02 Å². The molecule has 1 rings (SSSR count). The van der Waals surface area contributed by atoms with Gasteiger partial charge in [0, 0.05) is 16.3 Å². The monoisotopic (exact) mass is 291 g/mol. The standard InChI is InChI=1S/C12H15ClFNO2S/c1-7(11(6-16)18-2)15-12(17)9-4-3-8(13)5-10(9)14/h3-5,7,11,16H,6H2,1-2H3,(H,15,17). The molecular formula is C12H15ClFNO2S. The second-order valence-electron chi connectivity index (χ2n) is 3.84. The highest BCUT2D eigenvalue weighted by molar-refractivity contribution is 7.99. The molecular weight excluding hydrogens is 277 g/mol. The van der Waals surface area contributed by atoms with Crippen LogP contribution in [-0.4, -0.2) is 35.2 Å². The highest BCUT2D eigenvalue weighted by atomic mass is 35.5. The Morgan fingerprint density at radius 3 is 2.78 bits per heavy atom. The van der Waals surface area contributed by atoms with Gasteiger partial charge in [-0.3, -0.25) is 4.79 Å². The van der Waals surface area contributed by atoms with Crippen LogP contribution in [-0.2, 0) is 0 Å². The van der Waals surface area contributed by atoms with Crippen LogP contribution in [0.15, 0.2) is 18.2 Å². The zero-order chi connectivity index (χ0) is 13.7. The lowest BCUT2D eigenvalue weighted by Gasteiger charge is -2.21. The van der Waals surface area contributed by atoms with Crippen molar-refractivity contribution < 1.29 is 14.3 Å². The third-order valence-electron chi connectivity index (χ3n) is 2.57. The van der Waals surface area contributed by atoms with E-state index in [9.17, 15) is 9.18 Å². The molecule has 0 fully saturated rings. The minimum Gasteiger partial charge on any atom is -0.395 e. The topological polar surface area (TPSA) is 49.3 Å². The summed E-state index contributed by atoms with van der Waals surface area (Å²) < 4.78 is 13.5. The van der Waals surface area contributed by atoms with Crippen molar-refractivity contribution in [3.05, 3.63) is 34.6 Å². The predicted octanol–water partition coefficient (Wildman–Crippen LogP) is 2.32. The maximum Gasteiger partial charge on any atom is 0.254 e. The molecule has 18 heavy (non-hydrogen) atoms. The Morgan fingerprint density at radius 1 is 1.61 bits per heavy atom. The lowest BCUT2D eigenvalue weighted by molar-refractivity contribution is 0.0932. The SMILES string of the molecule is CSC(CO)C(C)NC(=O)c1ccc(Cl)cc1F. The van der Waals surface area contributed by atoms with Crippen LogP contribution in [0.5, 0.6) is 0 Å². The summed E-state index contributed by atoms with van der Waals surface area (Å²) in [6, 6.07) is 3.64. The lowest BCUT2D eigenvalue weighted by atomic mass is 10.1. The molecule has 2 atom stereocenters. The fraction of sp³-hybridized carbons (Fsp3) is 0.417. The van der Waals surface area contributed by atoms with Gasteiger partial charge in [0.1, 0.15) is 5.82 Å². The molecule has 6 heteroatoms. The third kappa shape index (κ3) is 3.86. The van der Waals surface area contributed by atoms with Crippen LogP contribution in [0.4, 0.5) is 4.39 Å².